The lowest BCUT2D eigenvalue weighted by Gasteiger charge is -2.06. The van der Waals surface area contributed by atoms with Gasteiger partial charge in [0.2, 0.25) is 0 Å². The lowest BCUT2D eigenvalue weighted by atomic mass is 10.2. The number of nitrogens with zero attached hydrogens (tertiary/aromatic N) is 2. The highest BCUT2D eigenvalue weighted by Crippen LogP contribution is 2.35. The molecule has 146 valence electrons. The zero-order valence-corrected chi connectivity index (χ0v) is 17.3. The van der Waals surface area contributed by atoms with Gasteiger partial charge >= 0.3 is 0 Å². The molecule has 0 saturated carbocycles. The Kier molecular flexibility index (Phi) is 7.18. The number of rotatable bonds is 6. The highest BCUT2D eigenvalue weighted by molar-refractivity contribution is 7.99. The van der Waals surface area contributed by atoms with Crippen molar-refractivity contribution in [3.63, 3.8) is 0 Å². The van der Waals surface area contributed by atoms with E-state index in [9.17, 15) is 10.1 Å². The average Bonchev–Trinajstić information content (AvgIpc) is 2.71. The van der Waals surface area contributed by atoms with Gasteiger partial charge in [0.25, 0.3) is 5.69 Å². The van der Waals surface area contributed by atoms with E-state index in [1.807, 2.05) is 42.5 Å². The van der Waals surface area contributed by atoms with E-state index in [0.29, 0.717) is 20.6 Å². The van der Waals surface area contributed by atoms with Crippen molar-refractivity contribution < 1.29 is 4.92 Å². The Morgan fingerprint density at radius 3 is 2.52 bits per heavy atom. The number of thiocarbonyl (C=S) groups is 1. The highest BCUT2D eigenvalue weighted by Gasteiger charge is 2.15. The van der Waals surface area contributed by atoms with Crippen molar-refractivity contribution in [2.45, 2.75) is 9.79 Å². The second kappa shape index (κ2) is 10.0. The van der Waals surface area contributed by atoms with Crippen LogP contribution in [-0.2, 0) is 0 Å². The molecule has 0 aliphatic heterocycles. The van der Waals surface area contributed by atoms with Crippen LogP contribution in [0.1, 0.15) is 5.56 Å². The zero-order chi connectivity index (χ0) is 20.6. The molecule has 0 radical (unpaired) electrons. The van der Waals surface area contributed by atoms with Crippen LogP contribution in [0.4, 0.5) is 11.4 Å². The third-order valence-electron chi connectivity index (χ3n) is 3.63. The Bertz CT molecular complexity index is 1040. The molecule has 0 atom stereocenters. The number of halogens is 1. The zero-order valence-electron chi connectivity index (χ0n) is 14.9. The minimum absolute atomic E-state index is 0.00103. The summed E-state index contributed by atoms with van der Waals surface area (Å²) in [6.07, 6.45) is 1.47. The molecule has 0 fully saturated rings. The number of nitro benzene ring substituents is 1. The van der Waals surface area contributed by atoms with Crippen LogP contribution in [0.15, 0.2) is 87.7 Å². The molecule has 0 heterocycles. The number of nitro groups is 1. The third kappa shape index (κ3) is 6.28. The normalized spacial score (nSPS) is 10.7. The lowest BCUT2D eigenvalue weighted by Crippen LogP contribution is -2.23. The monoisotopic (exact) mass is 442 g/mol. The molecular weight excluding hydrogens is 428 g/mol. The van der Waals surface area contributed by atoms with Gasteiger partial charge < -0.3 is 5.32 Å². The molecular formula is C20H15ClN4O2S2. The van der Waals surface area contributed by atoms with Crippen molar-refractivity contribution in [1.82, 2.24) is 5.43 Å². The van der Waals surface area contributed by atoms with Crippen LogP contribution in [0.3, 0.4) is 0 Å². The van der Waals surface area contributed by atoms with E-state index < -0.39 is 4.92 Å². The summed E-state index contributed by atoms with van der Waals surface area (Å²) in [5.41, 5.74) is 4.10. The van der Waals surface area contributed by atoms with E-state index in [1.165, 1.54) is 24.0 Å². The predicted molar refractivity (Wildman–Crippen MR) is 122 cm³/mol. The Hall–Kier alpha value is -2.94. The Labute approximate surface area is 182 Å². The summed E-state index contributed by atoms with van der Waals surface area (Å²) in [6.45, 7) is 0. The van der Waals surface area contributed by atoms with Crippen LogP contribution < -0.4 is 10.7 Å². The minimum atomic E-state index is -0.412. The van der Waals surface area contributed by atoms with Gasteiger partial charge in [-0.3, -0.25) is 15.5 Å². The van der Waals surface area contributed by atoms with Gasteiger partial charge in [0.05, 0.1) is 16.0 Å². The molecule has 29 heavy (non-hydrogen) atoms. The Balaban J connectivity index is 1.67. The van der Waals surface area contributed by atoms with Crippen molar-refractivity contribution in [2.75, 3.05) is 5.32 Å². The van der Waals surface area contributed by atoms with Crippen LogP contribution in [-0.4, -0.2) is 16.3 Å². The summed E-state index contributed by atoms with van der Waals surface area (Å²) < 4.78 is 0. The first-order valence-electron chi connectivity index (χ1n) is 8.38. The van der Waals surface area contributed by atoms with Crippen LogP contribution in [0.25, 0.3) is 0 Å². The van der Waals surface area contributed by atoms with E-state index in [0.717, 1.165) is 10.6 Å². The predicted octanol–water partition coefficient (Wildman–Crippen LogP) is 5.72. The van der Waals surface area contributed by atoms with Crippen LogP contribution in [0.5, 0.6) is 0 Å². The fourth-order valence-corrected chi connectivity index (χ4v) is 3.52. The van der Waals surface area contributed by atoms with Crippen LogP contribution in [0, 0.1) is 10.1 Å². The van der Waals surface area contributed by atoms with Crippen molar-refractivity contribution in [2.24, 2.45) is 5.10 Å². The summed E-state index contributed by atoms with van der Waals surface area (Å²) in [5, 5.41) is 19.4. The van der Waals surface area contributed by atoms with E-state index in [1.54, 1.807) is 24.3 Å². The molecule has 3 aromatic rings. The molecule has 0 saturated heterocycles. The summed E-state index contributed by atoms with van der Waals surface area (Å²) in [7, 11) is 0. The van der Waals surface area contributed by atoms with Crippen LogP contribution >= 0.6 is 35.6 Å². The van der Waals surface area contributed by atoms with Gasteiger partial charge in [0.1, 0.15) is 0 Å². The smallest absolute Gasteiger partial charge is 0.283 e. The lowest BCUT2D eigenvalue weighted by molar-refractivity contribution is -0.387. The molecule has 0 aliphatic carbocycles. The highest BCUT2D eigenvalue weighted by atomic mass is 35.5. The summed E-state index contributed by atoms with van der Waals surface area (Å²) in [5.74, 6) is 0. The summed E-state index contributed by atoms with van der Waals surface area (Å²) in [4.78, 5) is 12.5. The molecule has 2 N–H and O–H groups in total. The maximum absolute atomic E-state index is 11.5. The molecule has 6 nitrogen and oxygen atoms in total. The topological polar surface area (TPSA) is 79.6 Å². The van der Waals surface area contributed by atoms with E-state index in [2.05, 4.69) is 15.8 Å². The summed E-state index contributed by atoms with van der Waals surface area (Å²) >= 11 is 12.3. The Morgan fingerprint density at radius 2 is 1.83 bits per heavy atom. The SMILES string of the molecule is O=[N+]([O-])c1cc(/C=N\NC(=S)Nc2ccccc2)ccc1Sc1ccc(Cl)cc1. The van der Waals surface area contributed by atoms with Crippen molar-refractivity contribution in [3.8, 4) is 0 Å². The second-order valence-electron chi connectivity index (χ2n) is 5.73. The van der Waals surface area contributed by atoms with Crippen LogP contribution in [0.2, 0.25) is 5.02 Å². The number of hydrazone groups is 1. The van der Waals surface area contributed by atoms with Gasteiger partial charge in [-0.15, -0.1) is 0 Å². The molecule has 3 aromatic carbocycles. The summed E-state index contributed by atoms with van der Waals surface area (Å²) in [6, 6.07) is 21.5. The molecule has 0 aliphatic rings. The molecule has 0 aromatic heterocycles. The molecule has 3 rings (SSSR count). The first kappa shape index (κ1) is 20.8. The first-order valence-corrected chi connectivity index (χ1v) is 9.98. The fourth-order valence-electron chi connectivity index (χ4n) is 2.32. The number of para-hydroxylation sites is 1. The van der Waals surface area contributed by atoms with Crippen molar-refractivity contribution in [3.05, 3.63) is 93.5 Å². The van der Waals surface area contributed by atoms with Gasteiger partial charge in [0.15, 0.2) is 5.11 Å². The quantitative estimate of drug-likeness (QED) is 0.220. The maximum atomic E-state index is 11.5. The average molecular weight is 443 g/mol. The van der Waals surface area contributed by atoms with Gasteiger partial charge in [-0.25, -0.2) is 0 Å². The number of hydrogen-bond donors (Lipinski definition) is 2. The van der Waals surface area contributed by atoms with Crippen molar-refractivity contribution >= 4 is 58.3 Å². The minimum Gasteiger partial charge on any atom is -0.331 e. The number of benzene rings is 3. The van der Waals surface area contributed by atoms with Gasteiger partial charge in [0, 0.05) is 27.2 Å². The van der Waals surface area contributed by atoms with Gasteiger partial charge in [-0.05, 0) is 54.7 Å². The molecule has 9 heteroatoms. The second-order valence-corrected chi connectivity index (χ2v) is 7.69. The largest absolute Gasteiger partial charge is 0.331 e. The number of nitrogens with one attached hydrogen (secondary N) is 2. The standard InChI is InChI=1S/C20H15ClN4O2S2/c21-15-7-9-17(10-8-15)29-19-11-6-14(12-18(19)25(26)27)13-22-24-20(28)23-16-4-2-1-3-5-16/h1-13H,(H2,23,24,28)/b22-13-. The van der Waals surface area contributed by atoms with Crippen molar-refractivity contribution in [1.29, 1.82) is 0 Å². The van der Waals surface area contributed by atoms with Gasteiger partial charge in [-0.1, -0.05) is 47.6 Å². The molecule has 0 bridgehead atoms. The third-order valence-corrected chi connectivity index (χ3v) is 5.15. The fraction of sp³-hybridized carbons (Fsp3) is 0. The van der Waals surface area contributed by atoms with E-state index in [-0.39, 0.29) is 5.69 Å². The Morgan fingerprint density at radius 1 is 1.10 bits per heavy atom. The van der Waals surface area contributed by atoms with E-state index >= 15 is 0 Å². The van der Waals surface area contributed by atoms with Gasteiger partial charge in [-0.2, -0.15) is 5.10 Å². The molecule has 0 unspecified atom stereocenters. The number of hydrogen-bond acceptors (Lipinski definition) is 5. The first-order chi connectivity index (χ1) is 14.0. The van der Waals surface area contributed by atoms with E-state index in [4.69, 9.17) is 23.8 Å². The molecule has 0 amide bonds. The maximum Gasteiger partial charge on any atom is 0.283 e. The molecule has 0 spiro atoms. The number of anilines is 1.